The highest BCUT2D eigenvalue weighted by atomic mass is 35.5. The molecule has 2 fully saturated rings. The summed E-state index contributed by atoms with van der Waals surface area (Å²) in [7, 11) is -3.78. The zero-order chi connectivity index (χ0) is 22.4. The largest absolute Gasteiger partial charge is 0.416 e. The van der Waals surface area contributed by atoms with Gasteiger partial charge in [0.2, 0.25) is 15.9 Å². The predicted octanol–water partition coefficient (Wildman–Crippen LogP) is 4.00. The zero-order valence-electron chi connectivity index (χ0n) is 16.3. The molecule has 2 aromatic rings. The molecule has 2 aromatic carbocycles. The van der Waals surface area contributed by atoms with Crippen LogP contribution >= 0.6 is 11.6 Å². The molecule has 4 rings (SSSR count). The van der Waals surface area contributed by atoms with Crippen LogP contribution in [0.25, 0.3) is 0 Å². The predicted molar refractivity (Wildman–Crippen MR) is 109 cm³/mol. The second kappa shape index (κ2) is 8.11. The SMILES string of the molecule is O=C(C1CC1c1ccccc1C(F)(F)F)N1CCN(S(=O)(=O)c2ccccc2Cl)CC1. The highest BCUT2D eigenvalue weighted by molar-refractivity contribution is 7.89. The third kappa shape index (κ3) is 4.31. The van der Waals surface area contributed by atoms with Crippen LogP contribution in [-0.2, 0) is 21.0 Å². The van der Waals surface area contributed by atoms with Gasteiger partial charge < -0.3 is 4.90 Å². The summed E-state index contributed by atoms with van der Waals surface area (Å²) in [4.78, 5) is 14.4. The Morgan fingerprint density at radius 2 is 1.58 bits per heavy atom. The highest BCUT2D eigenvalue weighted by Crippen LogP contribution is 2.51. The van der Waals surface area contributed by atoms with Crippen LogP contribution in [0.2, 0.25) is 5.02 Å². The lowest BCUT2D eigenvalue weighted by molar-refractivity contribution is -0.139. The number of hydrogen-bond acceptors (Lipinski definition) is 3. The van der Waals surface area contributed by atoms with Gasteiger partial charge >= 0.3 is 6.18 Å². The van der Waals surface area contributed by atoms with E-state index in [0.29, 0.717) is 6.42 Å². The molecule has 31 heavy (non-hydrogen) atoms. The first-order valence-electron chi connectivity index (χ1n) is 9.80. The van der Waals surface area contributed by atoms with E-state index in [0.717, 1.165) is 6.07 Å². The van der Waals surface area contributed by atoms with Crippen LogP contribution in [0.1, 0.15) is 23.5 Å². The Kier molecular flexibility index (Phi) is 5.78. The monoisotopic (exact) mass is 472 g/mol. The first kappa shape index (κ1) is 22.1. The zero-order valence-corrected chi connectivity index (χ0v) is 17.9. The summed E-state index contributed by atoms with van der Waals surface area (Å²) in [6.45, 7) is 0.588. The topological polar surface area (TPSA) is 57.7 Å². The lowest BCUT2D eigenvalue weighted by Crippen LogP contribution is -2.51. The number of rotatable bonds is 4. The maximum Gasteiger partial charge on any atom is 0.416 e. The molecule has 0 N–H and O–H groups in total. The van der Waals surface area contributed by atoms with Crippen LogP contribution in [-0.4, -0.2) is 49.7 Å². The molecule has 10 heteroatoms. The number of hydrogen-bond donors (Lipinski definition) is 0. The molecular weight excluding hydrogens is 453 g/mol. The van der Waals surface area contributed by atoms with Gasteiger partial charge in [-0.1, -0.05) is 41.9 Å². The summed E-state index contributed by atoms with van der Waals surface area (Å²) in [6.07, 6.45) is -4.10. The van der Waals surface area contributed by atoms with Crippen molar-refractivity contribution in [2.24, 2.45) is 5.92 Å². The fourth-order valence-electron chi connectivity index (χ4n) is 4.07. The third-order valence-electron chi connectivity index (χ3n) is 5.78. The Balaban J connectivity index is 1.41. The maximum absolute atomic E-state index is 13.3. The Morgan fingerprint density at radius 3 is 2.23 bits per heavy atom. The Labute approximate surface area is 183 Å². The molecule has 1 amide bonds. The van der Waals surface area contributed by atoms with E-state index in [1.165, 1.54) is 28.6 Å². The molecule has 0 spiro atoms. The van der Waals surface area contributed by atoms with Gasteiger partial charge in [0.25, 0.3) is 0 Å². The normalized spacial score (nSPS) is 22.4. The number of piperazine rings is 1. The van der Waals surface area contributed by atoms with Crippen molar-refractivity contribution in [1.29, 1.82) is 0 Å². The fraction of sp³-hybridized carbons (Fsp3) is 0.381. The molecular formula is C21H20ClF3N2O3S. The Bertz CT molecular complexity index is 1100. The van der Waals surface area contributed by atoms with Crippen LogP contribution in [0.4, 0.5) is 13.2 Å². The van der Waals surface area contributed by atoms with E-state index in [1.807, 2.05) is 0 Å². The van der Waals surface area contributed by atoms with Gasteiger partial charge in [-0.3, -0.25) is 4.79 Å². The summed E-state index contributed by atoms with van der Waals surface area (Å²) in [6, 6.07) is 11.5. The van der Waals surface area contributed by atoms with E-state index in [4.69, 9.17) is 11.6 Å². The molecule has 166 valence electrons. The number of carbonyl (C=O) groups is 1. The van der Waals surface area contributed by atoms with E-state index < -0.39 is 33.6 Å². The molecule has 1 heterocycles. The molecule has 0 aromatic heterocycles. The summed E-state index contributed by atoms with van der Waals surface area (Å²) in [5.74, 6) is -1.19. The quantitative estimate of drug-likeness (QED) is 0.676. The molecule has 0 radical (unpaired) electrons. The average molecular weight is 473 g/mol. The molecule has 1 aliphatic heterocycles. The smallest absolute Gasteiger partial charge is 0.340 e. The van der Waals surface area contributed by atoms with Gasteiger partial charge in [0.15, 0.2) is 0 Å². The van der Waals surface area contributed by atoms with Crippen LogP contribution < -0.4 is 0 Å². The number of alkyl halides is 3. The molecule has 2 aliphatic rings. The molecule has 2 atom stereocenters. The van der Waals surface area contributed by atoms with Crippen molar-refractivity contribution in [3.8, 4) is 0 Å². The van der Waals surface area contributed by atoms with Gasteiger partial charge in [-0.2, -0.15) is 17.5 Å². The van der Waals surface area contributed by atoms with Gasteiger partial charge in [0.1, 0.15) is 4.90 Å². The van der Waals surface area contributed by atoms with Gasteiger partial charge in [-0.15, -0.1) is 0 Å². The molecule has 1 aliphatic carbocycles. The van der Waals surface area contributed by atoms with E-state index in [-0.39, 0.29) is 47.6 Å². The lowest BCUT2D eigenvalue weighted by atomic mass is 10.0. The van der Waals surface area contributed by atoms with Crippen LogP contribution in [0.5, 0.6) is 0 Å². The van der Waals surface area contributed by atoms with Gasteiger partial charge in [-0.25, -0.2) is 8.42 Å². The summed E-state index contributed by atoms with van der Waals surface area (Å²) in [5, 5.41) is 0.130. The molecule has 2 unspecified atom stereocenters. The van der Waals surface area contributed by atoms with Crippen LogP contribution in [0.15, 0.2) is 53.4 Å². The number of sulfonamides is 1. The number of amides is 1. The van der Waals surface area contributed by atoms with Gasteiger partial charge in [0, 0.05) is 32.1 Å². The molecule has 1 saturated carbocycles. The minimum absolute atomic E-state index is 0.0162. The van der Waals surface area contributed by atoms with E-state index in [2.05, 4.69) is 0 Å². The number of halogens is 4. The van der Waals surface area contributed by atoms with Crippen LogP contribution in [0.3, 0.4) is 0 Å². The van der Waals surface area contributed by atoms with Gasteiger partial charge in [-0.05, 0) is 36.1 Å². The van der Waals surface area contributed by atoms with E-state index in [9.17, 15) is 26.4 Å². The summed E-state index contributed by atoms with van der Waals surface area (Å²) < 4.78 is 66.8. The first-order valence-corrected chi connectivity index (χ1v) is 11.6. The third-order valence-corrected chi connectivity index (χ3v) is 8.18. The Hall–Kier alpha value is -2.10. The van der Waals surface area contributed by atoms with Crippen molar-refractivity contribution in [1.82, 2.24) is 9.21 Å². The second-order valence-corrected chi connectivity index (χ2v) is 10.0. The van der Waals surface area contributed by atoms with Gasteiger partial charge in [0.05, 0.1) is 10.6 Å². The first-order chi connectivity index (χ1) is 14.6. The fourth-order valence-corrected chi connectivity index (χ4v) is 5.98. The lowest BCUT2D eigenvalue weighted by Gasteiger charge is -2.34. The van der Waals surface area contributed by atoms with Crippen molar-refractivity contribution in [2.75, 3.05) is 26.2 Å². The molecule has 0 bridgehead atoms. The minimum atomic E-state index is -4.47. The minimum Gasteiger partial charge on any atom is -0.340 e. The van der Waals surface area contributed by atoms with E-state index >= 15 is 0 Å². The van der Waals surface area contributed by atoms with E-state index in [1.54, 1.807) is 23.1 Å². The number of carbonyl (C=O) groups excluding carboxylic acids is 1. The van der Waals surface area contributed by atoms with Crippen molar-refractivity contribution >= 4 is 27.5 Å². The van der Waals surface area contributed by atoms with Crippen molar-refractivity contribution in [3.63, 3.8) is 0 Å². The second-order valence-electron chi connectivity index (χ2n) is 7.69. The van der Waals surface area contributed by atoms with Crippen molar-refractivity contribution < 1.29 is 26.4 Å². The van der Waals surface area contributed by atoms with Crippen molar-refractivity contribution in [2.45, 2.75) is 23.4 Å². The average Bonchev–Trinajstić information content (AvgIpc) is 3.54. The highest BCUT2D eigenvalue weighted by Gasteiger charge is 2.49. The van der Waals surface area contributed by atoms with Crippen LogP contribution in [0, 0.1) is 5.92 Å². The number of benzene rings is 2. The molecule has 1 saturated heterocycles. The molecule has 5 nitrogen and oxygen atoms in total. The Morgan fingerprint density at radius 1 is 0.968 bits per heavy atom. The van der Waals surface area contributed by atoms with Crippen molar-refractivity contribution in [3.05, 3.63) is 64.7 Å². The summed E-state index contributed by atoms with van der Waals surface area (Å²) in [5.41, 5.74) is -0.556. The standard InChI is InChI=1S/C21H20ClF3N2O3S/c22-18-7-3-4-8-19(18)31(29,30)27-11-9-26(10-12-27)20(28)16-13-15(16)14-5-1-2-6-17(14)21(23,24)25/h1-8,15-16H,9-13H2. The summed E-state index contributed by atoms with van der Waals surface area (Å²) >= 11 is 6.03. The maximum atomic E-state index is 13.3. The number of nitrogens with zero attached hydrogens (tertiary/aromatic N) is 2.